The number of alkyl halides is 1. The second-order valence-electron chi connectivity index (χ2n) is 2.18. The number of aryl methyl sites for hydroxylation is 1. The molecule has 0 aliphatic carbocycles. The fourth-order valence-electron chi connectivity index (χ4n) is 0.816. The lowest BCUT2D eigenvalue weighted by Crippen LogP contribution is -2.19. The predicted octanol–water partition coefficient (Wildman–Crippen LogP) is 0.400. The van der Waals surface area contributed by atoms with Crippen molar-refractivity contribution in [2.75, 3.05) is 12.4 Å². The van der Waals surface area contributed by atoms with Crippen molar-refractivity contribution in [3.05, 3.63) is 28.7 Å². The number of anilines is 1. The number of halogens is 1. The highest BCUT2D eigenvalue weighted by Gasteiger charge is 1.94. The number of hydrogen-bond acceptors (Lipinski definition) is 2. The third-order valence-corrected chi connectivity index (χ3v) is 1.33. The van der Waals surface area contributed by atoms with Gasteiger partial charge in [-0.3, -0.25) is 4.79 Å². The van der Waals surface area contributed by atoms with E-state index in [0.29, 0.717) is 5.69 Å². The van der Waals surface area contributed by atoms with Gasteiger partial charge in [-0.1, -0.05) is 0 Å². The Morgan fingerprint density at radius 3 is 2.91 bits per heavy atom. The molecule has 0 amide bonds. The molecule has 1 aromatic heterocycles. The van der Waals surface area contributed by atoms with Crippen molar-refractivity contribution in [1.29, 1.82) is 0 Å². The molecule has 0 aliphatic heterocycles. The Labute approximate surface area is 63.3 Å². The van der Waals surface area contributed by atoms with E-state index in [0.717, 1.165) is 0 Å². The normalized spacial score (nSPS) is 9.91. The van der Waals surface area contributed by atoms with E-state index in [1.807, 2.05) is 0 Å². The number of nitrogens with zero attached hydrogens (tertiary/aromatic N) is 1. The molecule has 0 saturated heterocycles. The van der Waals surface area contributed by atoms with Gasteiger partial charge in [0.05, 0.1) is 6.54 Å². The van der Waals surface area contributed by atoms with Gasteiger partial charge >= 0.3 is 0 Å². The Kier molecular flexibility index (Phi) is 2.25. The molecule has 1 aromatic rings. The Morgan fingerprint density at radius 2 is 2.27 bits per heavy atom. The first kappa shape index (κ1) is 7.78. The first-order valence-electron chi connectivity index (χ1n) is 3.26. The summed E-state index contributed by atoms with van der Waals surface area (Å²) in [6.45, 7) is -0.479. The number of rotatable bonds is 2. The molecule has 3 nitrogen and oxygen atoms in total. The van der Waals surface area contributed by atoms with Gasteiger partial charge in [-0.15, -0.1) is 0 Å². The summed E-state index contributed by atoms with van der Waals surface area (Å²) in [6.07, 6.45) is 1.43. The topological polar surface area (TPSA) is 48.0 Å². The molecule has 0 aliphatic rings. The smallest absolute Gasteiger partial charge is 0.250 e. The lowest BCUT2D eigenvalue weighted by Gasteiger charge is -2.01. The minimum absolute atomic E-state index is 0.0733. The Bertz CT molecular complexity index is 295. The van der Waals surface area contributed by atoms with Gasteiger partial charge in [-0.05, 0) is 6.07 Å². The highest BCUT2D eigenvalue weighted by Crippen LogP contribution is 1.95. The molecule has 1 heterocycles. The molecule has 0 aromatic carbocycles. The Hall–Kier alpha value is -1.32. The summed E-state index contributed by atoms with van der Waals surface area (Å²) < 4.78 is 13.0. The zero-order valence-electron chi connectivity index (χ0n) is 5.96. The van der Waals surface area contributed by atoms with Crippen molar-refractivity contribution in [1.82, 2.24) is 4.57 Å². The summed E-state index contributed by atoms with van der Waals surface area (Å²) in [5.74, 6) is 0. The van der Waals surface area contributed by atoms with Crippen molar-refractivity contribution in [3.63, 3.8) is 0 Å². The van der Waals surface area contributed by atoms with Crippen LogP contribution in [0.5, 0.6) is 0 Å². The van der Waals surface area contributed by atoms with E-state index in [1.165, 1.54) is 22.9 Å². The van der Waals surface area contributed by atoms with Crippen LogP contribution in [0.25, 0.3) is 0 Å². The molecule has 0 unspecified atom stereocenters. The molecule has 0 radical (unpaired) electrons. The first-order chi connectivity index (χ1) is 5.24. The zero-order valence-corrected chi connectivity index (χ0v) is 5.96. The van der Waals surface area contributed by atoms with Crippen molar-refractivity contribution in [2.45, 2.75) is 6.54 Å². The molecule has 0 fully saturated rings. The quantitative estimate of drug-likeness (QED) is 0.673. The van der Waals surface area contributed by atoms with Crippen molar-refractivity contribution >= 4 is 5.69 Å². The van der Waals surface area contributed by atoms with Gasteiger partial charge in [0, 0.05) is 18.0 Å². The van der Waals surface area contributed by atoms with E-state index < -0.39 is 6.67 Å². The van der Waals surface area contributed by atoms with Crippen LogP contribution in [0.15, 0.2) is 23.1 Å². The lowest BCUT2D eigenvalue weighted by molar-refractivity contribution is 0.440. The van der Waals surface area contributed by atoms with Crippen molar-refractivity contribution in [2.24, 2.45) is 0 Å². The van der Waals surface area contributed by atoms with E-state index >= 15 is 0 Å². The van der Waals surface area contributed by atoms with Crippen LogP contribution in [-0.2, 0) is 6.54 Å². The third kappa shape index (κ3) is 1.80. The van der Waals surface area contributed by atoms with E-state index in [4.69, 9.17) is 5.73 Å². The van der Waals surface area contributed by atoms with Gasteiger partial charge < -0.3 is 10.3 Å². The molecular weight excluding hydrogens is 147 g/mol. The Morgan fingerprint density at radius 1 is 1.55 bits per heavy atom. The largest absolute Gasteiger partial charge is 0.398 e. The number of hydrogen-bond donors (Lipinski definition) is 1. The monoisotopic (exact) mass is 156 g/mol. The van der Waals surface area contributed by atoms with Crippen molar-refractivity contribution < 1.29 is 4.39 Å². The highest BCUT2D eigenvalue weighted by molar-refractivity contribution is 5.33. The molecule has 1 rings (SSSR count). The van der Waals surface area contributed by atoms with E-state index in [2.05, 4.69) is 0 Å². The van der Waals surface area contributed by atoms with Gasteiger partial charge in [-0.25, -0.2) is 4.39 Å². The average Bonchev–Trinajstić information content (AvgIpc) is 1.98. The maximum atomic E-state index is 11.8. The summed E-state index contributed by atoms with van der Waals surface area (Å²) in [5.41, 5.74) is 5.62. The summed E-state index contributed by atoms with van der Waals surface area (Å²) in [5, 5.41) is 0. The molecule has 0 bridgehead atoms. The maximum absolute atomic E-state index is 11.8. The van der Waals surface area contributed by atoms with Gasteiger partial charge in [0.2, 0.25) is 0 Å². The van der Waals surface area contributed by atoms with Crippen LogP contribution >= 0.6 is 0 Å². The molecule has 0 atom stereocenters. The van der Waals surface area contributed by atoms with Crippen LogP contribution in [-0.4, -0.2) is 11.2 Å². The lowest BCUT2D eigenvalue weighted by atomic mass is 10.4. The summed E-state index contributed by atoms with van der Waals surface area (Å²) in [7, 11) is 0. The van der Waals surface area contributed by atoms with Crippen LogP contribution in [0.1, 0.15) is 0 Å². The van der Waals surface area contributed by atoms with Crippen LogP contribution in [0.2, 0.25) is 0 Å². The fraction of sp³-hybridized carbons (Fsp3) is 0.286. The van der Waals surface area contributed by atoms with Crippen LogP contribution in [0, 0.1) is 0 Å². The minimum atomic E-state index is -0.552. The van der Waals surface area contributed by atoms with Gasteiger partial charge in [0.25, 0.3) is 5.56 Å². The second-order valence-corrected chi connectivity index (χ2v) is 2.18. The SMILES string of the molecule is Nc1ccc(=O)n(CCF)c1. The van der Waals surface area contributed by atoms with Gasteiger partial charge in [-0.2, -0.15) is 0 Å². The molecule has 0 spiro atoms. The standard InChI is InChI=1S/C7H9FN2O/c8-3-4-10-5-6(9)1-2-7(10)11/h1-2,5H,3-4,9H2. The second kappa shape index (κ2) is 3.18. The van der Waals surface area contributed by atoms with Gasteiger partial charge in [0.1, 0.15) is 6.67 Å². The zero-order chi connectivity index (χ0) is 8.27. The first-order valence-corrected chi connectivity index (χ1v) is 3.26. The number of nitrogens with two attached hydrogens (primary N) is 1. The van der Waals surface area contributed by atoms with Crippen molar-refractivity contribution in [3.8, 4) is 0 Å². The van der Waals surface area contributed by atoms with E-state index in [-0.39, 0.29) is 12.1 Å². The molecule has 60 valence electrons. The van der Waals surface area contributed by atoms with E-state index in [1.54, 1.807) is 0 Å². The maximum Gasteiger partial charge on any atom is 0.250 e. The average molecular weight is 156 g/mol. The molecule has 11 heavy (non-hydrogen) atoms. The number of aromatic nitrogens is 1. The third-order valence-electron chi connectivity index (χ3n) is 1.33. The molecule has 0 saturated carbocycles. The Balaban J connectivity index is 3.03. The number of pyridine rings is 1. The highest BCUT2D eigenvalue weighted by atomic mass is 19.1. The fourth-order valence-corrected chi connectivity index (χ4v) is 0.816. The molecular formula is C7H9FN2O. The number of nitrogen functional groups attached to an aromatic ring is 1. The van der Waals surface area contributed by atoms with Crippen LogP contribution in [0.4, 0.5) is 10.1 Å². The van der Waals surface area contributed by atoms with Crippen LogP contribution in [0.3, 0.4) is 0 Å². The molecule has 2 N–H and O–H groups in total. The molecule has 4 heteroatoms. The minimum Gasteiger partial charge on any atom is -0.398 e. The predicted molar refractivity (Wildman–Crippen MR) is 41.1 cm³/mol. The van der Waals surface area contributed by atoms with E-state index in [9.17, 15) is 9.18 Å². The summed E-state index contributed by atoms with van der Waals surface area (Å²) in [4.78, 5) is 10.9. The summed E-state index contributed by atoms with van der Waals surface area (Å²) >= 11 is 0. The summed E-state index contributed by atoms with van der Waals surface area (Å²) in [6, 6.07) is 2.82. The van der Waals surface area contributed by atoms with Crippen LogP contribution < -0.4 is 11.3 Å². The van der Waals surface area contributed by atoms with Gasteiger partial charge in [0.15, 0.2) is 0 Å².